The summed E-state index contributed by atoms with van der Waals surface area (Å²) in [6.07, 6.45) is -10.1. The number of hydrogen-bond donors (Lipinski definition) is 3. The summed E-state index contributed by atoms with van der Waals surface area (Å²) in [5, 5.41) is 13.8. The smallest absolute Gasteiger partial charge is 0.357 e. The molecule has 3 N–H and O–H groups in total. The van der Waals surface area contributed by atoms with E-state index in [1.807, 2.05) is 0 Å². The van der Waals surface area contributed by atoms with Crippen LogP contribution in [0.25, 0.3) is 0 Å². The van der Waals surface area contributed by atoms with Gasteiger partial charge in [-0.15, -0.1) is 0 Å². The lowest BCUT2D eigenvalue weighted by atomic mass is 9.84. The first-order chi connectivity index (χ1) is 21.1. The molecule has 3 heterocycles. The minimum atomic E-state index is -4.90. The maximum Gasteiger partial charge on any atom is 0.417 e. The van der Waals surface area contributed by atoms with Gasteiger partial charge in [0, 0.05) is 31.8 Å². The third-order valence-corrected chi connectivity index (χ3v) is 7.69. The summed E-state index contributed by atoms with van der Waals surface area (Å²) < 4.78 is 94.6. The molecule has 5 rings (SSSR count). The number of nitrogens with zero attached hydrogens (tertiary/aromatic N) is 4. The molecular formula is C29H26F7N7O2. The number of amides is 2. The number of carbonyl (C=O) groups is 2. The van der Waals surface area contributed by atoms with Gasteiger partial charge in [-0.3, -0.25) is 19.9 Å². The van der Waals surface area contributed by atoms with Crippen LogP contribution < -0.4 is 10.6 Å². The third kappa shape index (κ3) is 6.40. The molecule has 2 aliphatic rings. The summed E-state index contributed by atoms with van der Waals surface area (Å²) in [6, 6.07) is 7.25. The summed E-state index contributed by atoms with van der Waals surface area (Å²) in [6.45, 7) is -0.566. The number of alkyl halides is 6. The highest BCUT2D eigenvalue weighted by molar-refractivity contribution is 6.08. The molecular weight excluding hydrogens is 611 g/mol. The van der Waals surface area contributed by atoms with Crippen LogP contribution in [0, 0.1) is 11.2 Å². The highest BCUT2D eigenvalue weighted by atomic mass is 19.4. The van der Waals surface area contributed by atoms with E-state index in [9.17, 15) is 40.3 Å². The van der Waals surface area contributed by atoms with Crippen molar-refractivity contribution in [2.75, 3.05) is 12.4 Å². The third-order valence-electron chi connectivity index (χ3n) is 7.69. The van der Waals surface area contributed by atoms with Gasteiger partial charge in [-0.1, -0.05) is 18.2 Å². The average Bonchev–Trinajstić information content (AvgIpc) is 3.50. The van der Waals surface area contributed by atoms with E-state index >= 15 is 0 Å². The van der Waals surface area contributed by atoms with Gasteiger partial charge in [-0.2, -0.15) is 26.3 Å². The second kappa shape index (κ2) is 11.6. The Balaban J connectivity index is 1.44. The molecule has 1 saturated heterocycles. The van der Waals surface area contributed by atoms with Crippen LogP contribution in [-0.4, -0.2) is 50.8 Å². The van der Waals surface area contributed by atoms with Crippen LogP contribution in [-0.2, 0) is 36.1 Å². The zero-order valence-electron chi connectivity index (χ0n) is 23.6. The Morgan fingerprint density at radius 2 is 1.80 bits per heavy atom. The van der Waals surface area contributed by atoms with Crippen molar-refractivity contribution in [1.82, 2.24) is 25.1 Å². The van der Waals surface area contributed by atoms with Crippen molar-refractivity contribution in [1.29, 1.82) is 5.41 Å². The van der Waals surface area contributed by atoms with Crippen molar-refractivity contribution in [3.8, 4) is 0 Å². The second-order valence-corrected chi connectivity index (χ2v) is 10.7. The predicted molar refractivity (Wildman–Crippen MR) is 146 cm³/mol. The number of fused-ring (bicyclic) bond motifs is 1. The number of aromatic nitrogens is 2. The summed E-state index contributed by atoms with van der Waals surface area (Å²) >= 11 is 0. The van der Waals surface area contributed by atoms with Crippen LogP contribution in [0.15, 0.2) is 48.7 Å². The van der Waals surface area contributed by atoms with Gasteiger partial charge in [0.05, 0.1) is 29.9 Å². The number of halogens is 7. The SMILES string of the molecule is CNc1ncc2c(n1)CN(C(=O)c1cc(CN3C(=N)N[C@](CCCC(F)(F)F)(c4ccc(F)cc4)C3=O)ccc1C(F)(F)F)C2. The van der Waals surface area contributed by atoms with Crippen LogP contribution in [0.1, 0.15) is 57.6 Å². The maximum absolute atomic E-state index is 14.0. The van der Waals surface area contributed by atoms with Crippen molar-refractivity contribution in [2.45, 2.75) is 56.8 Å². The Morgan fingerprint density at radius 1 is 1.09 bits per heavy atom. The lowest BCUT2D eigenvalue weighted by molar-refractivity contribution is -0.140. The minimum absolute atomic E-state index is 0.0308. The van der Waals surface area contributed by atoms with Crippen LogP contribution in [0.3, 0.4) is 0 Å². The van der Waals surface area contributed by atoms with Crippen molar-refractivity contribution in [3.63, 3.8) is 0 Å². The van der Waals surface area contributed by atoms with Gasteiger partial charge in [0.2, 0.25) is 5.95 Å². The molecule has 3 aromatic rings. The number of guanidine groups is 1. The number of nitrogens with one attached hydrogen (secondary N) is 3. The van der Waals surface area contributed by atoms with Gasteiger partial charge in [0.15, 0.2) is 5.96 Å². The lowest BCUT2D eigenvalue weighted by Crippen LogP contribution is -2.44. The fraction of sp³-hybridized carbons (Fsp3) is 0.345. The van der Waals surface area contributed by atoms with Gasteiger partial charge < -0.3 is 15.5 Å². The van der Waals surface area contributed by atoms with Gasteiger partial charge in [-0.25, -0.2) is 14.4 Å². The Hall–Kier alpha value is -4.76. The van der Waals surface area contributed by atoms with E-state index in [0.29, 0.717) is 17.3 Å². The first-order valence-electron chi connectivity index (χ1n) is 13.6. The van der Waals surface area contributed by atoms with E-state index in [0.717, 1.165) is 29.2 Å². The molecule has 2 amide bonds. The molecule has 238 valence electrons. The topological polar surface area (TPSA) is 114 Å². The van der Waals surface area contributed by atoms with Gasteiger partial charge in [0.25, 0.3) is 11.8 Å². The Morgan fingerprint density at radius 3 is 2.44 bits per heavy atom. The van der Waals surface area contributed by atoms with Crippen molar-refractivity contribution in [2.24, 2.45) is 0 Å². The van der Waals surface area contributed by atoms with Gasteiger partial charge in [0.1, 0.15) is 11.4 Å². The van der Waals surface area contributed by atoms with E-state index in [-0.39, 0.29) is 30.2 Å². The minimum Gasteiger partial charge on any atom is -0.357 e. The fourth-order valence-electron chi connectivity index (χ4n) is 5.49. The van der Waals surface area contributed by atoms with E-state index in [1.54, 1.807) is 7.05 Å². The van der Waals surface area contributed by atoms with Crippen molar-refractivity contribution >= 4 is 23.7 Å². The van der Waals surface area contributed by atoms with E-state index in [1.165, 1.54) is 23.2 Å². The van der Waals surface area contributed by atoms with Crippen molar-refractivity contribution < 1.29 is 40.3 Å². The monoisotopic (exact) mass is 637 g/mol. The number of rotatable bonds is 8. The average molecular weight is 638 g/mol. The second-order valence-electron chi connectivity index (χ2n) is 10.7. The maximum atomic E-state index is 14.0. The molecule has 0 aliphatic carbocycles. The fourth-order valence-corrected chi connectivity index (χ4v) is 5.49. The van der Waals surface area contributed by atoms with E-state index in [2.05, 4.69) is 20.6 Å². The number of carbonyl (C=O) groups excluding carboxylic acids is 2. The Kier molecular flexibility index (Phi) is 8.18. The molecule has 0 unspecified atom stereocenters. The molecule has 1 atom stereocenters. The van der Waals surface area contributed by atoms with Crippen LogP contribution >= 0.6 is 0 Å². The standard InChI is InChI=1S/C29H26F7N7O2/c1-38-26-39-12-17-14-42(15-22(17)40-26)23(44)20-11-16(3-8-21(20)29(34,35)36)13-43-24(45)27(41-25(43)37,9-2-10-28(31,32)33)18-4-6-19(30)7-5-18/h3-8,11-12H,2,9-10,13-15H2,1H3,(H2,37,41)(H,38,39,40)/t27-/m1/s1. The molecule has 0 bridgehead atoms. The Labute approximate surface area is 252 Å². The zero-order chi connectivity index (χ0) is 32.7. The number of benzene rings is 2. The van der Waals surface area contributed by atoms with Gasteiger partial charge >= 0.3 is 12.4 Å². The Bertz CT molecular complexity index is 1640. The van der Waals surface area contributed by atoms with Gasteiger partial charge in [-0.05, 0) is 48.2 Å². The molecule has 1 aromatic heterocycles. The quantitative estimate of drug-likeness (QED) is 0.288. The van der Waals surface area contributed by atoms with Crippen LogP contribution in [0.5, 0.6) is 0 Å². The van der Waals surface area contributed by atoms with E-state index in [4.69, 9.17) is 5.41 Å². The van der Waals surface area contributed by atoms with E-state index < -0.39 is 78.4 Å². The lowest BCUT2D eigenvalue weighted by Gasteiger charge is -2.28. The zero-order valence-corrected chi connectivity index (χ0v) is 23.6. The first-order valence-corrected chi connectivity index (χ1v) is 13.6. The van der Waals surface area contributed by atoms with Crippen LogP contribution in [0.2, 0.25) is 0 Å². The predicted octanol–water partition coefficient (Wildman–Crippen LogP) is 5.33. The molecule has 2 aliphatic heterocycles. The molecule has 1 fully saturated rings. The largest absolute Gasteiger partial charge is 0.417 e. The normalized spacial score (nSPS) is 18.3. The highest BCUT2D eigenvalue weighted by Gasteiger charge is 2.51. The number of anilines is 1. The number of hydrogen-bond acceptors (Lipinski definition) is 6. The first kappa shape index (κ1) is 31.7. The molecule has 16 heteroatoms. The summed E-state index contributed by atoms with van der Waals surface area (Å²) in [7, 11) is 1.59. The molecule has 0 saturated carbocycles. The molecule has 2 aromatic carbocycles. The highest BCUT2D eigenvalue weighted by Crippen LogP contribution is 2.38. The summed E-state index contributed by atoms with van der Waals surface area (Å²) in [5.74, 6) is -2.68. The molecule has 0 spiro atoms. The molecule has 9 nitrogen and oxygen atoms in total. The van der Waals surface area contributed by atoms with Crippen LogP contribution in [0.4, 0.5) is 36.7 Å². The summed E-state index contributed by atoms with van der Waals surface area (Å²) in [4.78, 5) is 37.6. The summed E-state index contributed by atoms with van der Waals surface area (Å²) in [5.41, 5.74) is -2.53. The van der Waals surface area contributed by atoms with Crippen molar-refractivity contribution in [3.05, 3.63) is 88.0 Å². The molecule has 45 heavy (non-hydrogen) atoms. The molecule has 0 radical (unpaired) electrons.